The van der Waals surface area contributed by atoms with Gasteiger partial charge in [-0.2, -0.15) is 0 Å². The van der Waals surface area contributed by atoms with E-state index in [-0.39, 0.29) is 5.82 Å². The Kier molecular flexibility index (Phi) is 3.90. The Bertz CT molecular complexity index is 782. The van der Waals surface area contributed by atoms with E-state index in [9.17, 15) is 4.39 Å². The van der Waals surface area contributed by atoms with Crippen molar-refractivity contribution in [1.82, 2.24) is 14.7 Å². The van der Waals surface area contributed by atoms with Gasteiger partial charge in [-0.1, -0.05) is 23.7 Å². The van der Waals surface area contributed by atoms with Gasteiger partial charge in [0.1, 0.15) is 11.5 Å². The number of nitrogens with zero attached hydrogens (tertiary/aromatic N) is 2. The Morgan fingerprint density at radius 1 is 1.29 bits per heavy atom. The highest BCUT2D eigenvalue weighted by molar-refractivity contribution is 6.30. The second-order valence-electron chi connectivity index (χ2n) is 4.97. The molecule has 108 valence electrons. The molecule has 0 saturated carbocycles. The molecule has 0 aliphatic heterocycles. The van der Waals surface area contributed by atoms with E-state index in [2.05, 4.69) is 10.3 Å². The van der Waals surface area contributed by atoms with Crippen molar-refractivity contribution in [3.63, 3.8) is 0 Å². The minimum atomic E-state index is -0.288. The van der Waals surface area contributed by atoms with Crippen LogP contribution in [-0.4, -0.2) is 9.38 Å². The van der Waals surface area contributed by atoms with E-state index in [4.69, 9.17) is 11.6 Å². The van der Waals surface area contributed by atoms with Crippen molar-refractivity contribution in [1.29, 1.82) is 0 Å². The van der Waals surface area contributed by atoms with Crippen LogP contribution in [0.2, 0.25) is 5.02 Å². The molecule has 0 bridgehead atoms. The van der Waals surface area contributed by atoms with E-state index in [1.807, 2.05) is 35.9 Å². The summed E-state index contributed by atoms with van der Waals surface area (Å²) in [4.78, 5) is 4.40. The first-order chi connectivity index (χ1) is 10.1. The van der Waals surface area contributed by atoms with Crippen LogP contribution in [0.4, 0.5) is 4.39 Å². The number of halogens is 2. The number of pyridine rings is 1. The first-order valence-corrected chi connectivity index (χ1v) is 7.09. The standard InChI is InChI=1S/C16H15ClFN3/c1-11-3-2-6-21-14(10-20-16(11)21)9-19-8-12-4-5-13(17)7-15(12)18/h2-7,10,19H,8-9H2,1H3. The third-order valence-electron chi connectivity index (χ3n) is 3.44. The van der Waals surface area contributed by atoms with Gasteiger partial charge in [-0.25, -0.2) is 9.37 Å². The molecule has 5 heteroatoms. The molecule has 3 aromatic rings. The van der Waals surface area contributed by atoms with E-state index < -0.39 is 0 Å². The van der Waals surface area contributed by atoms with E-state index >= 15 is 0 Å². The molecule has 3 nitrogen and oxygen atoms in total. The van der Waals surface area contributed by atoms with Crippen LogP contribution in [0, 0.1) is 12.7 Å². The number of nitrogens with one attached hydrogen (secondary N) is 1. The van der Waals surface area contributed by atoms with Gasteiger partial charge in [-0.05, 0) is 30.7 Å². The monoisotopic (exact) mass is 303 g/mol. The lowest BCUT2D eigenvalue weighted by Crippen LogP contribution is -2.15. The molecule has 2 heterocycles. The lowest BCUT2D eigenvalue weighted by Gasteiger charge is -2.07. The summed E-state index contributed by atoms with van der Waals surface area (Å²) < 4.78 is 15.7. The Hall–Kier alpha value is -1.91. The van der Waals surface area contributed by atoms with E-state index in [1.54, 1.807) is 12.1 Å². The third kappa shape index (κ3) is 2.91. The summed E-state index contributed by atoms with van der Waals surface area (Å²) in [5.74, 6) is -0.288. The van der Waals surface area contributed by atoms with Crippen LogP contribution in [0.15, 0.2) is 42.7 Å². The summed E-state index contributed by atoms with van der Waals surface area (Å²) in [6, 6.07) is 8.74. The smallest absolute Gasteiger partial charge is 0.139 e. The number of benzene rings is 1. The largest absolute Gasteiger partial charge is 0.307 e. The summed E-state index contributed by atoms with van der Waals surface area (Å²) in [5.41, 5.74) is 3.73. The van der Waals surface area contributed by atoms with Gasteiger partial charge in [0.25, 0.3) is 0 Å². The average molecular weight is 304 g/mol. The van der Waals surface area contributed by atoms with Crippen LogP contribution in [-0.2, 0) is 13.1 Å². The molecule has 0 fully saturated rings. The van der Waals surface area contributed by atoms with E-state index in [1.165, 1.54) is 6.07 Å². The number of rotatable bonds is 4. The normalized spacial score (nSPS) is 11.2. The van der Waals surface area contributed by atoms with Crippen LogP contribution in [0.5, 0.6) is 0 Å². The number of hydrogen-bond acceptors (Lipinski definition) is 2. The van der Waals surface area contributed by atoms with Gasteiger partial charge in [-0.15, -0.1) is 0 Å². The SMILES string of the molecule is Cc1cccn2c(CNCc3ccc(Cl)cc3F)cnc12. The van der Waals surface area contributed by atoms with Crippen molar-refractivity contribution < 1.29 is 4.39 Å². The summed E-state index contributed by atoms with van der Waals surface area (Å²) in [6.45, 7) is 3.09. The van der Waals surface area contributed by atoms with Crippen LogP contribution >= 0.6 is 11.6 Å². The van der Waals surface area contributed by atoms with Crippen molar-refractivity contribution in [3.8, 4) is 0 Å². The molecule has 0 atom stereocenters. The summed E-state index contributed by atoms with van der Waals surface area (Å²) in [7, 11) is 0. The zero-order chi connectivity index (χ0) is 14.8. The average Bonchev–Trinajstić information content (AvgIpc) is 2.86. The van der Waals surface area contributed by atoms with Crippen molar-refractivity contribution >= 4 is 17.2 Å². The predicted octanol–water partition coefficient (Wildman–Crippen LogP) is 3.73. The van der Waals surface area contributed by atoms with Crippen LogP contribution < -0.4 is 5.32 Å². The highest BCUT2D eigenvalue weighted by atomic mass is 35.5. The first kappa shape index (κ1) is 14.0. The van der Waals surface area contributed by atoms with Gasteiger partial charge in [0.15, 0.2) is 0 Å². The molecule has 21 heavy (non-hydrogen) atoms. The van der Waals surface area contributed by atoms with Crippen molar-refractivity contribution in [2.75, 3.05) is 0 Å². The van der Waals surface area contributed by atoms with Gasteiger partial charge in [0.2, 0.25) is 0 Å². The number of imidazole rings is 1. The molecule has 0 unspecified atom stereocenters. The topological polar surface area (TPSA) is 29.3 Å². The highest BCUT2D eigenvalue weighted by Crippen LogP contribution is 2.15. The van der Waals surface area contributed by atoms with Crippen LogP contribution in [0.3, 0.4) is 0 Å². The zero-order valence-corrected chi connectivity index (χ0v) is 12.4. The minimum absolute atomic E-state index is 0.288. The molecule has 0 spiro atoms. The fraction of sp³-hybridized carbons (Fsp3) is 0.188. The lowest BCUT2D eigenvalue weighted by molar-refractivity contribution is 0.585. The number of hydrogen-bond donors (Lipinski definition) is 1. The Balaban J connectivity index is 1.71. The van der Waals surface area contributed by atoms with Crippen LogP contribution in [0.25, 0.3) is 5.65 Å². The van der Waals surface area contributed by atoms with Crippen LogP contribution in [0.1, 0.15) is 16.8 Å². The number of fused-ring (bicyclic) bond motifs is 1. The summed E-state index contributed by atoms with van der Waals surface area (Å²) in [6.07, 6.45) is 3.82. The second kappa shape index (κ2) is 5.84. The Morgan fingerprint density at radius 3 is 2.95 bits per heavy atom. The molecule has 0 radical (unpaired) electrons. The maximum atomic E-state index is 13.7. The quantitative estimate of drug-likeness (QED) is 0.796. The maximum Gasteiger partial charge on any atom is 0.139 e. The summed E-state index contributed by atoms with van der Waals surface area (Å²) in [5, 5.41) is 3.64. The lowest BCUT2D eigenvalue weighted by atomic mass is 10.2. The van der Waals surface area contributed by atoms with Crippen molar-refractivity contribution in [2.24, 2.45) is 0 Å². The van der Waals surface area contributed by atoms with Gasteiger partial charge in [0.05, 0.1) is 11.9 Å². The zero-order valence-electron chi connectivity index (χ0n) is 11.6. The Labute approximate surface area is 127 Å². The van der Waals surface area contributed by atoms with E-state index in [0.29, 0.717) is 23.7 Å². The molecule has 3 rings (SSSR count). The summed E-state index contributed by atoms with van der Waals surface area (Å²) >= 11 is 5.74. The van der Waals surface area contributed by atoms with Gasteiger partial charge >= 0.3 is 0 Å². The minimum Gasteiger partial charge on any atom is -0.307 e. The molecule has 0 aliphatic rings. The van der Waals surface area contributed by atoms with Crippen molar-refractivity contribution in [2.45, 2.75) is 20.0 Å². The van der Waals surface area contributed by atoms with Gasteiger partial charge in [-0.3, -0.25) is 0 Å². The molecular weight excluding hydrogens is 289 g/mol. The second-order valence-corrected chi connectivity index (χ2v) is 5.41. The van der Waals surface area contributed by atoms with E-state index in [0.717, 1.165) is 16.9 Å². The van der Waals surface area contributed by atoms with Gasteiger partial charge < -0.3 is 9.72 Å². The predicted molar refractivity (Wildman–Crippen MR) is 81.9 cm³/mol. The molecular formula is C16H15ClFN3. The molecule has 1 N–H and O–H groups in total. The molecule has 0 aliphatic carbocycles. The number of aromatic nitrogens is 2. The molecule has 2 aromatic heterocycles. The molecule has 0 saturated heterocycles. The number of aryl methyl sites for hydroxylation is 1. The van der Waals surface area contributed by atoms with Gasteiger partial charge in [0, 0.05) is 29.9 Å². The highest BCUT2D eigenvalue weighted by Gasteiger charge is 2.06. The molecule has 0 amide bonds. The fourth-order valence-corrected chi connectivity index (χ4v) is 2.48. The third-order valence-corrected chi connectivity index (χ3v) is 3.68. The Morgan fingerprint density at radius 2 is 2.14 bits per heavy atom. The first-order valence-electron chi connectivity index (χ1n) is 6.71. The maximum absolute atomic E-state index is 13.7. The fourth-order valence-electron chi connectivity index (χ4n) is 2.32. The van der Waals surface area contributed by atoms with Crippen molar-refractivity contribution in [3.05, 3.63) is 70.4 Å². The molecule has 1 aromatic carbocycles.